The van der Waals surface area contributed by atoms with Gasteiger partial charge in [-0.15, -0.1) is 0 Å². The minimum absolute atomic E-state index is 0.112. The third-order valence-electron chi connectivity index (χ3n) is 3.16. The number of para-hydroxylation sites is 1. The zero-order chi connectivity index (χ0) is 11.4. The highest BCUT2D eigenvalue weighted by Crippen LogP contribution is 2.20. The van der Waals surface area contributed by atoms with E-state index in [0.717, 1.165) is 38.2 Å². The summed E-state index contributed by atoms with van der Waals surface area (Å²) < 4.78 is 13.7. The standard InChI is InChI=1S/C13H19FN2/c1-2-11-10-16(9-5-8-15-11)13-7-4-3-6-12(13)14/h3-4,6-7,11,15H,2,5,8-10H2,1H3. The number of halogens is 1. The minimum atomic E-state index is -0.112. The molecule has 0 saturated carbocycles. The summed E-state index contributed by atoms with van der Waals surface area (Å²) in [5, 5.41) is 3.49. The molecular formula is C13H19FN2. The van der Waals surface area contributed by atoms with Gasteiger partial charge < -0.3 is 10.2 Å². The van der Waals surface area contributed by atoms with Gasteiger partial charge in [0.05, 0.1) is 5.69 Å². The van der Waals surface area contributed by atoms with Crippen molar-refractivity contribution in [2.45, 2.75) is 25.8 Å². The Kier molecular flexibility index (Phi) is 3.78. The molecule has 2 rings (SSSR count). The summed E-state index contributed by atoms with van der Waals surface area (Å²) in [7, 11) is 0. The maximum absolute atomic E-state index is 13.7. The first kappa shape index (κ1) is 11.4. The van der Waals surface area contributed by atoms with Gasteiger partial charge in [-0.05, 0) is 31.5 Å². The smallest absolute Gasteiger partial charge is 0.146 e. The Bertz CT molecular complexity index is 340. The van der Waals surface area contributed by atoms with Crippen LogP contribution in [0.1, 0.15) is 19.8 Å². The van der Waals surface area contributed by atoms with Crippen molar-refractivity contribution in [1.29, 1.82) is 0 Å². The number of anilines is 1. The van der Waals surface area contributed by atoms with E-state index in [2.05, 4.69) is 17.1 Å². The average Bonchev–Trinajstić information content (AvgIpc) is 2.55. The van der Waals surface area contributed by atoms with Crippen molar-refractivity contribution in [3.8, 4) is 0 Å². The van der Waals surface area contributed by atoms with Crippen LogP contribution in [-0.4, -0.2) is 25.7 Å². The number of nitrogens with zero attached hydrogens (tertiary/aromatic N) is 1. The Morgan fingerprint density at radius 3 is 3.00 bits per heavy atom. The van der Waals surface area contributed by atoms with Crippen LogP contribution in [-0.2, 0) is 0 Å². The van der Waals surface area contributed by atoms with Crippen LogP contribution in [0.2, 0.25) is 0 Å². The van der Waals surface area contributed by atoms with Crippen LogP contribution in [0.15, 0.2) is 24.3 Å². The van der Waals surface area contributed by atoms with E-state index in [4.69, 9.17) is 0 Å². The Balaban J connectivity index is 2.16. The van der Waals surface area contributed by atoms with E-state index in [1.165, 1.54) is 6.07 Å². The first-order valence-corrected chi connectivity index (χ1v) is 6.04. The molecule has 0 aliphatic carbocycles. The first-order valence-electron chi connectivity index (χ1n) is 6.04. The Labute approximate surface area is 96.5 Å². The van der Waals surface area contributed by atoms with Gasteiger partial charge in [0, 0.05) is 19.1 Å². The second kappa shape index (κ2) is 5.30. The van der Waals surface area contributed by atoms with Gasteiger partial charge in [-0.2, -0.15) is 0 Å². The zero-order valence-corrected chi connectivity index (χ0v) is 9.75. The molecule has 0 amide bonds. The lowest BCUT2D eigenvalue weighted by Crippen LogP contribution is -2.37. The van der Waals surface area contributed by atoms with Gasteiger partial charge in [-0.25, -0.2) is 4.39 Å². The third-order valence-corrected chi connectivity index (χ3v) is 3.16. The fraction of sp³-hybridized carbons (Fsp3) is 0.538. The molecule has 1 atom stereocenters. The molecule has 3 heteroatoms. The molecule has 0 bridgehead atoms. The van der Waals surface area contributed by atoms with Crippen molar-refractivity contribution in [3.05, 3.63) is 30.1 Å². The molecule has 0 spiro atoms. The van der Waals surface area contributed by atoms with Gasteiger partial charge in [0.15, 0.2) is 0 Å². The topological polar surface area (TPSA) is 15.3 Å². The number of hydrogen-bond donors (Lipinski definition) is 1. The van der Waals surface area contributed by atoms with E-state index in [0.29, 0.717) is 6.04 Å². The highest BCUT2D eigenvalue weighted by Gasteiger charge is 2.18. The van der Waals surface area contributed by atoms with Crippen molar-refractivity contribution in [3.63, 3.8) is 0 Å². The molecule has 1 unspecified atom stereocenters. The van der Waals surface area contributed by atoms with Crippen molar-refractivity contribution in [2.24, 2.45) is 0 Å². The van der Waals surface area contributed by atoms with Crippen molar-refractivity contribution >= 4 is 5.69 Å². The lowest BCUT2D eigenvalue weighted by Gasteiger charge is -2.26. The van der Waals surface area contributed by atoms with E-state index in [-0.39, 0.29) is 5.82 Å². The van der Waals surface area contributed by atoms with Crippen LogP contribution in [0.3, 0.4) is 0 Å². The zero-order valence-electron chi connectivity index (χ0n) is 9.75. The molecule has 1 saturated heterocycles. The maximum Gasteiger partial charge on any atom is 0.146 e. The highest BCUT2D eigenvalue weighted by atomic mass is 19.1. The minimum Gasteiger partial charge on any atom is -0.368 e. The van der Waals surface area contributed by atoms with Crippen LogP contribution in [0.25, 0.3) is 0 Å². The molecule has 0 radical (unpaired) electrons. The van der Waals surface area contributed by atoms with Crippen LogP contribution >= 0.6 is 0 Å². The summed E-state index contributed by atoms with van der Waals surface area (Å²) in [4.78, 5) is 2.16. The molecule has 1 aliphatic heterocycles. The molecule has 1 N–H and O–H groups in total. The average molecular weight is 222 g/mol. The van der Waals surface area contributed by atoms with Crippen molar-refractivity contribution in [1.82, 2.24) is 5.32 Å². The van der Waals surface area contributed by atoms with Crippen LogP contribution in [0.5, 0.6) is 0 Å². The van der Waals surface area contributed by atoms with E-state index in [1.54, 1.807) is 6.07 Å². The van der Waals surface area contributed by atoms with Gasteiger partial charge in [0.2, 0.25) is 0 Å². The second-order valence-corrected chi connectivity index (χ2v) is 4.31. The van der Waals surface area contributed by atoms with Gasteiger partial charge >= 0.3 is 0 Å². The molecule has 16 heavy (non-hydrogen) atoms. The van der Waals surface area contributed by atoms with E-state index in [9.17, 15) is 4.39 Å². The highest BCUT2D eigenvalue weighted by molar-refractivity contribution is 5.47. The number of benzene rings is 1. The molecule has 0 aromatic heterocycles. The molecule has 1 heterocycles. The lowest BCUT2D eigenvalue weighted by atomic mass is 10.2. The Morgan fingerprint density at radius 1 is 1.44 bits per heavy atom. The van der Waals surface area contributed by atoms with Crippen LogP contribution in [0.4, 0.5) is 10.1 Å². The molecule has 2 nitrogen and oxygen atoms in total. The largest absolute Gasteiger partial charge is 0.368 e. The fourth-order valence-electron chi connectivity index (χ4n) is 2.20. The number of nitrogens with one attached hydrogen (secondary N) is 1. The van der Waals surface area contributed by atoms with Crippen molar-refractivity contribution in [2.75, 3.05) is 24.5 Å². The monoisotopic (exact) mass is 222 g/mol. The van der Waals surface area contributed by atoms with E-state index >= 15 is 0 Å². The second-order valence-electron chi connectivity index (χ2n) is 4.31. The first-order chi connectivity index (χ1) is 7.81. The summed E-state index contributed by atoms with van der Waals surface area (Å²) in [5.41, 5.74) is 0.740. The predicted octanol–water partition coefficient (Wildman–Crippen LogP) is 2.40. The molecular weight excluding hydrogens is 203 g/mol. The van der Waals surface area contributed by atoms with Crippen LogP contribution in [0, 0.1) is 5.82 Å². The summed E-state index contributed by atoms with van der Waals surface area (Å²) in [6.45, 7) is 5.04. The SMILES string of the molecule is CCC1CN(c2ccccc2F)CCCN1. The van der Waals surface area contributed by atoms with Crippen LogP contribution < -0.4 is 10.2 Å². The van der Waals surface area contributed by atoms with Gasteiger partial charge in [0.25, 0.3) is 0 Å². The van der Waals surface area contributed by atoms with Gasteiger partial charge in [-0.3, -0.25) is 0 Å². The van der Waals surface area contributed by atoms with Gasteiger partial charge in [0.1, 0.15) is 5.82 Å². The normalized spacial score (nSPS) is 21.9. The number of rotatable bonds is 2. The summed E-state index contributed by atoms with van der Waals surface area (Å²) in [6, 6.07) is 7.52. The Morgan fingerprint density at radius 2 is 2.25 bits per heavy atom. The maximum atomic E-state index is 13.7. The molecule has 1 aromatic carbocycles. The Hall–Kier alpha value is -1.09. The van der Waals surface area contributed by atoms with Crippen molar-refractivity contribution < 1.29 is 4.39 Å². The summed E-state index contributed by atoms with van der Waals surface area (Å²) in [6.07, 6.45) is 2.16. The van der Waals surface area contributed by atoms with E-state index < -0.39 is 0 Å². The summed E-state index contributed by atoms with van der Waals surface area (Å²) >= 11 is 0. The quantitative estimate of drug-likeness (QED) is 0.826. The molecule has 88 valence electrons. The number of hydrogen-bond acceptors (Lipinski definition) is 2. The molecule has 1 aliphatic rings. The summed E-state index contributed by atoms with van der Waals surface area (Å²) in [5.74, 6) is -0.112. The molecule has 1 aromatic rings. The molecule has 1 fully saturated rings. The van der Waals surface area contributed by atoms with Gasteiger partial charge in [-0.1, -0.05) is 19.1 Å². The van der Waals surface area contributed by atoms with E-state index in [1.807, 2.05) is 12.1 Å². The fourth-order valence-corrected chi connectivity index (χ4v) is 2.20. The predicted molar refractivity (Wildman–Crippen MR) is 65.3 cm³/mol. The third kappa shape index (κ3) is 2.53. The lowest BCUT2D eigenvalue weighted by molar-refractivity contribution is 0.525.